The highest BCUT2D eigenvalue weighted by atomic mass is 16.6. The predicted molar refractivity (Wildman–Crippen MR) is 111 cm³/mol. The van der Waals surface area contributed by atoms with E-state index in [9.17, 15) is 9.90 Å². The Bertz CT molecular complexity index is 733. The van der Waals surface area contributed by atoms with Crippen LogP contribution in [-0.2, 0) is 6.42 Å². The molecular formula is C24H35NO3. The van der Waals surface area contributed by atoms with Crippen LogP contribution in [-0.4, -0.2) is 23.8 Å². The summed E-state index contributed by atoms with van der Waals surface area (Å²) in [7, 11) is 0. The lowest BCUT2D eigenvalue weighted by molar-refractivity contribution is -0.0226. The van der Waals surface area contributed by atoms with Crippen molar-refractivity contribution in [3.05, 3.63) is 29.3 Å². The van der Waals surface area contributed by atoms with E-state index in [4.69, 9.17) is 4.74 Å². The smallest absolute Gasteiger partial charge is 0.410 e. The Labute approximate surface area is 169 Å². The number of fused-ring (bicyclic) bond motifs is 5. The van der Waals surface area contributed by atoms with Gasteiger partial charge in [-0.3, -0.25) is 0 Å². The number of hydrogen-bond donors (Lipinski definition) is 2. The van der Waals surface area contributed by atoms with Crippen LogP contribution >= 0.6 is 0 Å². The zero-order chi connectivity index (χ0) is 19.9. The van der Waals surface area contributed by atoms with Gasteiger partial charge in [-0.15, -0.1) is 0 Å². The van der Waals surface area contributed by atoms with E-state index in [1.807, 2.05) is 6.07 Å². The SMILES string of the molecule is CCC(C)CNC(=O)Oc1ccc2c(c1)CC[C@@H]1[C@@H]2CC[C@]2(C)[C@@H](O)CC[C@@H]12. The number of nitrogens with one attached hydrogen (secondary N) is 1. The lowest BCUT2D eigenvalue weighted by Crippen LogP contribution is -2.43. The third-order valence-electron chi connectivity index (χ3n) is 8.15. The second-order valence-electron chi connectivity index (χ2n) is 9.70. The molecule has 1 amide bonds. The largest absolute Gasteiger partial charge is 0.412 e. The first-order valence-corrected chi connectivity index (χ1v) is 11.2. The third kappa shape index (κ3) is 3.45. The number of aryl methyl sites for hydroxylation is 1. The third-order valence-corrected chi connectivity index (χ3v) is 8.15. The van der Waals surface area contributed by atoms with Gasteiger partial charge in [-0.2, -0.15) is 0 Å². The molecule has 0 heterocycles. The molecule has 0 spiro atoms. The van der Waals surface area contributed by atoms with Gasteiger partial charge >= 0.3 is 6.09 Å². The van der Waals surface area contributed by atoms with Crippen molar-refractivity contribution in [3.63, 3.8) is 0 Å². The molecule has 1 aromatic rings. The van der Waals surface area contributed by atoms with E-state index in [0.29, 0.717) is 36.0 Å². The first-order chi connectivity index (χ1) is 13.4. The van der Waals surface area contributed by atoms with E-state index in [-0.39, 0.29) is 17.6 Å². The zero-order valence-electron chi connectivity index (χ0n) is 17.5. The Hall–Kier alpha value is -1.55. The summed E-state index contributed by atoms with van der Waals surface area (Å²) in [6.07, 6.45) is 7.22. The molecule has 2 saturated carbocycles. The number of aliphatic hydroxyl groups excluding tert-OH is 1. The average Bonchev–Trinajstić information content (AvgIpc) is 3.00. The molecule has 4 nitrogen and oxygen atoms in total. The Morgan fingerprint density at radius 2 is 2.14 bits per heavy atom. The first-order valence-electron chi connectivity index (χ1n) is 11.2. The highest BCUT2D eigenvalue weighted by Crippen LogP contribution is 2.60. The van der Waals surface area contributed by atoms with Crippen molar-refractivity contribution in [2.75, 3.05) is 6.54 Å². The van der Waals surface area contributed by atoms with Crippen molar-refractivity contribution in [2.24, 2.45) is 23.2 Å². The van der Waals surface area contributed by atoms with Crippen LogP contribution in [0.5, 0.6) is 5.75 Å². The maximum atomic E-state index is 12.1. The lowest BCUT2D eigenvalue weighted by Gasteiger charge is -2.50. The summed E-state index contributed by atoms with van der Waals surface area (Å²) in [4.78, 5) is 12.1. The van der Waals surface area contributed by atoms with Crippen LogP contribution in [0.25, 0.3) is 0 Å². The molecule has 0 radical (unpaired) electrons. The van der Waals surface area contributed by atoms with Crippen LogP contribution < -0.4 is 10.1 Å². The molecule has 3 aliphatic carbocycles. The predicted octanol–water partition coefficient (Wildman–Crippen LogP) is 5.04. The van der Waals surface area contributed by atoms with Gasteiger partial charge in [0.1, 0.15) is 5.75 Å². The topological polar surface area (TPSA) is 58.6 Å². The monoisotopic (exact) mass is 385 g/mol. The van der Waals surface area contributed by atoms with Crippen molar-refractivity contribution in [2.45, 2.75) is 77.7 Å². The summed E-state index contributed by atoms with van der Waals surface area (Å²) < 4.78 is 5.53. The minimum atomic E-state index is -0.359. The van der Waals surface area contributed by atoms with E-state index in [1.165, 1.54) is 24.0 Å². The fourth-order valence-electron chi connectivity index (χ4n) is 6.14. The normalized spacial score (nSPS) is 34.7. The Balaban J connectivity index is 1.45. The number of aliphatic hydroxyl groups is 1. The number of amides is 1. The quantitative estimate of drug-likeness (QED) is 0.763. The molecule has 154 valence electrons. The molecule has 6 atom stereocenters. The highest BCUT2D eigenvalue weighted by Gasteiger charge is 2.54. The number of hydrogen-bond acceptors (Lipinski definition) is 3. The molecule has 0 saturated heterocycles. The fourth-order valence-corrected chi connectivity index (χ4v) is 6.14. The summed E-state index contributed by atoms with van der Waals surface area (Å²) in [5, 5.41) is 13.4. The maximum absolute atomic E-state index is 12.1. The zero-order valence-corrected chi connectivity index (χ0v) is 17.5. The molecule has 3 aliphatic rings. The van der Waals surface area contributed by atoms with Crippen molar-refractivity contribution in [1.82, 2.24) is 5.32 Å². The van der Waals surface area contributed by atoms with Gasteiger partial charge in [0.25, 0.3) is 0 Å². The van der Waals surface area contributed by atoms with Gasteiger partial charge in [0.2, 0.25) is 0 Å². The summed E-state index contributed by atoms with van der Waals surface area (Å²) in [6, 6.07) is 6.23. The standard InChI is InChI=1S/C24H35NO3/c1-4-15(2)14-25-23(27)28-17-6-8-18-16(13-17)5-7-20-19(18)11-12-24(3)21(20)9-10-22(24)26/h6,8,13,15,19-22,26H,4-5,7,9-12,14H2,1-3H3,(H,25,27)/t15?,19-,20-,21+,22+,24+/m1/s1. The highest BCUT2D eigenvalue weighted by molar-refractivity contribution is 5.70. The summed E-state index contributed by atoms with van der Waals surface area (Å²) in [5.74, 6) is 3.04. The van der Waals surface area contributed by atoms with Crippen LogP contribution in [0.4, 0.5) is 4.79 Å². The fraction of sp³-hybridized carbons (Fsp3) is 0.708. The van der Waals surface area contributed by atoms with Gasteiger partial charge in [-0.05, 0) is 90.9 Å². The Morgan fingerprint density at radius 3 is 2.93 bits per heavy atom. The minimum absolute atomic E-state index is 0.120. The molecule has 2 fully saturated rings. The number of carbonyl (C=O) groups excluding carboxylic acids is 1. The number of ether oxygens (including phenoxy) is 1. The van der Waals surface area contributed by atoms with Crippen molar-refractivity contribution < 1.29 is 14.6 Å². The summed E-state index contributed by atoms with van der Waals surface area (Å²) in [6.45, 7) is 7.20. The summed E-state index contributed by atoms with van der Waals surface area (Å²) >= 11 is 0. The van der Waals surface area contributed by atoms with Crippen molar-refractivity contribution >= 4 is 6.09 Å². The van der Waals surface area contributed by atoms with Crippen LogP contribution in [0.3, 0.4) is 0 Å². The average molecular weight is 386 g/mol. The Kier molecular flexibility index (Phi) is 5.43. The molecule has 28 heavy (non-hydrogen) atoms. The lowest BCUT2D eigenvalue weighted by atomic mass is 9.55. The van der Waals surface area contributed by atoms with Crippen molar-refractivity contribution in [3.8, 4) is 5.75 Å². The molecular weight excluding hydrogens is 350 g/mol. The first kappa shape index (κ1) is 19.8. The minimum Gasteiger partial charge on any atom is -0.410 e. The van der Waals surface area contributed by atoms with E-state index in [2.05, 4.69) is 38.2 Å². The molecule has 0 bridgehead atoms. The molecule has 0 aliphatic heterocycles. The van der Waals surface area contributed by atoms with Crippen LogP contribution in [0.1, 0.15) is 76.3 Å². The second kappa shape index (κ2) is 7.70. The van der Waals surface area contributed by atoms with Gasteiger partial charge in [-0.25, -0.2) is 4.79 Å². The summed E-state index contributed by atoms with van der Waals surface area (Å²) in [5.41, 5.74) is 2.91. The van der Waals surface area contributed by atoms with Crippen LogP contribution in [0, 0.1) is 23.2 Å². The molecule has 0 aromatic heterocycles. The van der Waals surface area contributed by atoms with E-state index in [1.54, 1.807) is 0 Å². The molecule has 2 N–H and O–H groups in total. The van der Waals surface area contributed by atoms with Crippen LogP contribution in [0.15, 0.2) is 18.2 Å². The maximum Gasteiger partial charge on any atom is 0.412 e. The Morgan fingerprint density at radius 1 is 1.32 bits per heavy atom. The van der Waals surface area contributed by atoms with Gasteiger partial charge in [0.05, 0.1) is 6.10 Å². The number of benzene rings is 1. The van der Waals surface area contributed by atoms with E-state index < -0.39 is 0 Å². The van der Waals surface area contributed by atoms with Crippen LogP contribution in [0.2, 0.25) is 0 Å². The number of rotatable bonds is 4. The molecule has 4 rings (SSSR count). The molecule has 1 unspecified atom stereocenters. The number of carbonyl (C=O) groups is 1. The second-order valence-corrected chi connectivity index (χ2v) is 9.70. The van der Waals surface area contributed by atoms with Crippen molar-refractivity contribution in [1.29, 1.82) is 0 Å². The van der Waals surface area contributed by atoms with Gasteiger partial charge in [0, 0.05) is 6.54 Å². The molecule has 1 aromatic carbocycles. The molecule has 4 heteroatoms. The van der Waals surface area contributed by atoms with Gasteiger partial charge in [0.15, 0.2) is 0 Å². The van der Waals surface area contributed by atoms with Gasteiger partial charge < -0.3 is 15.2 Å². The van der Waals surface area contributed by atoms with Gasteiger partial charge in [-0.1, -0.05) is 33.3 Å². The van der Waals surface area contributed by atoms with E-state index in [0.717, 1.165) is 32.1 Å². The van der Waals surface area contributed by atoms with E-state index >= 15 is 0 Å².